The maximum Gasteiger partial charge on any atom is 0.144 e. The van der Waals surface area contributed by atoms with Gasteiger partial charge in [-0.2, -0.15) is 0 Å². The lowest BCUT2D eigenvalue weighted by Crippen LogP contribution is -3.00. The second-order valence-corrected chi connectivity index (χ2v) is 6.07. The lowest BCUT2D eigenvalue weighted by molar-refractivity contribution is -0.00000492. The van der Waals surface area contributed by atoms with Crippen LogP contribution in [0.1, 0.15) is 32.3 Å². The zero-order chi connectivity index (χ0) is 14.8. The predicted molar refractivity (Wildman–Crippen MR) is 89.3 cm³/mol. The van der Waals surface area contributed by atoms with Gasteiger partial charge in [0.05, 0.1) is 5.02 Å². The van der Waals surface area contributed by atoms with Crippen LogP contribution in [-0.2, 0) is 0 Å². The summed E-state index contributed by atoms with van der Waals surface area (Å²) in [5, 5.41) is 13.8. The summed E-state index contributed by atoms with van der Waals surface area (Å²) in [7, 11) is 0. The summed E-state index contributed by atoms with van der Waals surface area (Å²) in [6.07, 6.45) is 2.33. The third kappa shape index (κ3) is 7.41. The Kier molecular flexibility index (Phi) is 11.9. The van der Waals surface area contributed by atoms with Crippen molar-refractivity contribution in [3.63, 3.8) is 0 Å². The van der Waals surface area contributed by atoms with Gasteiger partial charge < -0.3 is 22.5 Å². The highest BCUT2D eigenvalue weighted by molar-refractivity contribution is 8.14. The highest BCUT2D eigenvalue weighted by Crippen LogP contribution is 2.21. The fourth-order valence-corrected chi connectivity index (χ4v) is 3.25. The van der Waals surface area contributed by atoms with E-state index in [-0.39, 0.29) is 12.4 Å². The third-order valence-corrected chi connectivity index (χ3v) is 4.21. The lowest BCUT2D eigenvalue weighted by atomic mass is 10.2. The van der Waals surface area contributed by atoms with E-state index in [2.05, 4.69) is 23.9 Å². The molecule has 0 aliphatic rings. The number of benzene rings is 1. The van der Waals surface area contributed by atoms with E-state index < -0.39 is 0 Å². The second kappa shape index (κ2) is 12.2. The quantitative estimate of drug-likeness (QED) is 0.333. The van der Waals surface area contributed by atoms with Crippen molar-refractivity contribution in [2.45, 2.75) is 26.7 Å². The van der Waals surface area contributed by atoms with Gasteiger partial charge in [0.2, 0.25) is 0 Å². The van der Waals surface area contributed by atoms with Crippen LogP contribution >= 0.6 is 23.4 Å². The first kappa shape index (κ1) is 20.6. The Hall–Kier alpha value is -0.420. The molecule has 0 unspecified atom stereocenters. The first-order valence-corrected chi connectivity index (χ1v) is 8.41. The van der Waals surface area contributed by atoms with Crippen LogP contribution in [0.25, 0.3) is 0 Å². The maximum atomic E-state index is 9.17. The Morgan fingerprint density at radius 3 is 2.33 bits per heavy atom. The van der Waals surface area contributed by atoms with Gasteiger partial charge in [-0.05, 0) is 32.0 Å². The molecule has 0 radical (unpaired) electrons. The first-order valence-electron chi connectivity index (χ1n) is 7.05. The molecule has 0 fully saturated rings. The standard InChI is InChI=1S/C15H23ClN2OS.ClH/c1-3-9-18(10-4-2)11-12-20-15(17-19)13-7-5-6-8-14(13)16;/h5-8,19H,3-4,9-12H2,1-2H3;1H/p-1/b17-15+;. The predicted octanol–water partition coefficient (Wildman–Crippen LogP) is 1.33. The summed E-state index contributed by atoms with van der Waals surface area (Å²) in [5.41, 5.74) is 0.791. The van der Waals surface area contributed by atoms with Crippen LogP contribution in [0.2, 0.25) is 5.02 Å². The van der Waals surface area contributed by atoms with Gasteiger partial charge in [0.25, 0.3) is 0 Å². The van der Waals surface area contributed by atoms with Gasteiger partial charge in [-0.15, -0.1) is 11.8 Å². The van der Waals surface area contributed by atoms with Gasteiger partial charge in [0, 0.05) is 17.9 Å². The molecule has 120 valence electrons. The Balaban J connectivity index is 0.00000400. The number of rotatable bonds is 8. The van der Waals surface area contributed by atoms with E-state index in [0.717, 1.165) is 43.8 Å². The molecule has 0 aromatic heterocycles. The summed E-state index contributed by atoms with van der Waals surface area (Å²) in [6.45, 7) is 7.62. The maximum absolute atomic E-state index is 9.17. The summed E-state index contributed by atoms with van der Waals surface area (Å²) >= 11 is 7.67. The van der Waals surface area contributed by atoms with Crippen LogP contribution in [0.15, 0.2) is 29.4 Å². The minimum Gasteiger partial charge on any atom is -1.00 e. The van der Waals surface area contributed by atoms with Crippen molar-refractivity contribution in [1.29, 1.82) is 0 Å². The Labute approximate surface area is 143 Å². The summed E-state index contributed by atoms with van der Waals surface area (Å²) in [5.74, 6) is 0.893. The number of oxime groups is 1. The second-order valence-electron chi connectivity index (χ2n) is 4.58. The van der Waals surface area contributed by atoms with Crippen molar-refractivity contribution in [2.75, 3.05) is 25.4 Å². The van der Waals surface area contributed by atoms with E-state index >= 15 is 0 Å². The fraction of sp³-hybridized carbons (Fsp3) is 0.533. The van der Waals surface area contributed by atoms with E-state index in [1.165, 1.54) is 0 Å². The molecule has 1 aromatic carbocycles. The van der Waals surface area contributed by atoms with Crippen molar-refractivity contribution in [1.82, 2.24) is 4.90 Å². The number of hydrogen-bond acceptors (Lipinski definition) is 4. The Bertz CT molecular complexity index is 424. The fourth-order valence-electron chi connectivity index (χ4n) is 2.03. The minimum absolute atomic E-state index is 0. The summed E-state index contributed by atoms with van der Waals surface area (Å²) < 4.78 is 0. The zero-order valence-corrected chi connectivity index (χ0v) is 14.9. The molecule has 0 aliphatic carbocycles. The normalized spacial score (nSPS) is 11.5. The summed E-state index contributed by atoms with van der Waals surface area (Å²) in [4.78, 5) is 2.44. The molecule has 0 bridgehead atoms. The highest BCUT2D eigenvalue weighted by Gasteiger charge is 2.10. The minimum atomic E-state index is 0. The van der Waals surface area contributed by atoms with Gasteiger partial charge in [0.1, 0.15) is 5.04 Å². The molecular formula is C15H23Cl2N2OS-. The van der Waals surface area contributed by atoms with Crippen molar-refractivity contribution >= 4 is 28.4 Å². The molecule has 6 heteroatoms. The van der Waals surface area contributed by atoms with Gasteiger partial charge >= 0.3 is 0 Å². The van der Waals surface area contributed by atoms with Gasteiger partial charge in [-0.1, -0.05) is 48.8 Å². The topological polar surface area (TPSA) is 35.8 Å². The van der Waals surface area contributed by atoms with Gasteiger partial charge in [-0.3, -0.25) is 0 Å². The molecule has 0 atom stereocenters. The molecule has 1 N–H and O–H groups in total. The average Bonchev–Trinajstić information content (AvgIpc) is 2.45. The van der Waals surface area contributed by atoms with Crippen molar-refractivity contribution in [3.05, 3.63) is 34.9 Å². The van der Waals surface area contributed by atoms with E-state index in [9.17, 15) is 5.21 Å². The molecule has 0 spiro atoms. The molecule has 0 aliphatic heterocycles. The molecule has 1 rings (SSSR count). The molecule has 0 amide bonds. The van der Waals surface area contributed by atoms with Crippen LogP contribution in [0.4, 0.5) is 0 Å². The zero-order valence-electron chi connectivity index (χ0n) is 12.6. The molecule has 3 nitrogen and oxygen atoms in total. The smallest absolute Gasteiger partial charge is 0.144 e. The monoisotopic (exact) mass is 349 g/mol. The summed E-state index contributed by atoms with van der Waals surface area (Å²) in [6, 6.07) is 7.45. The molecular weight excluding hydrogens is 327 g/mol. The van der Waals surface area contributed by atoms with E-state index in [1.54, 1.807) is 11.8 Å². The lowest BCUT2D eigenvalue weighted by Gasteiger charge is -2.20. The van der Waals surface area contributed by atoms with E-state index in [0.29, 0.717) is 10.1 Å². The molecule has 21 heavy (non-hydrogen) atoms. The largest absolute Gasteiger partial charge is 1.00 e. The highest BCUT2D eigenvalue weighted by atomic mass is 35.5. The third-order valence-electron chi connectivity index (χ3n) is 2.92. The van der Waals surface area contributed by atoms with Gasteiger partial charge in [-0.25, -0.2) is 0 Å². The van der Waals surface area contributed by atoms with Crippen molar-refractivity contribution in [2.24, 2.45) is 5.16 Å². The van der Waals surface area contributed by atoms with Crippen molar-refractivity contribution in [3.8, 4) is 0 Å². The van der Waals surface area contributed by atoms with E-state index in [1.807, 2.05) is 24.3 Å². The Morgan fingerprint density at radius 2 is 1.81 bits per heavy atom. The molecule has 0 saturated heterocycles. The Morgan fingerprint density at radius 1 is 1.19 bits per heavy atom. The van der Waals surface area contributed by atoms with Crippen LogP contribution in [0, 0.1) is 0 Å². The van der Waals surface area contributed by atoms with Crippen LogP contribution in [0.5, 0.6) is 0 Å². The number of nitrogens with zero attached hydrogens (tertiary/aromatic N) is 2. The van der Waals surface area contributed by atoms with Crippen LogP contribution in [-0.4, -0.2) is 40.5 Å². The van der Waals surface area contributed by atoms with E-state index in [4.69, 9.17) is 11.6 Å². The molecule has 0 heterocycles. The average molecular weight is 350 g/mol. The number of thioether (sulfide) groups is 1. The SMILES string of the molecule is CCCN(CCC)CCS/C(=N/O)c1ccccc1Cl.[Cl-]. The first-order chi connectivity index (χ1) is 9.72. The van der Waals surface area contributed by atoms with Crippen molar-refractivity contribution < 1.29 is 17.6 Å². The van der Waals surface area contributed by atoms with Crippen LogP contribution in [0.3, 0.4) is 0 Å². The van der Waals surface area contributed by atoms with Crippen LogP contribution < -0.4 is 12.4 Å². The van der Waals surface area contributed by atoms with Gasteiger partial charge in [0.15, 0.2) is 0 Å². The number of halogens is 2. The molecule has 1 aromatic rings. The number of hydrogen-bond donors (Lipinski definition) is 1. The molecule has 0 saturated carbocycles.